The largest absolute Gasteiger partial charge is 0.254 e. The van der Waals surface area contributed by atoms with Gasteiger partial charge in [0.25, 0.3) is 0 Å². The maximum atomic E-state index is 8.70. The van der Waals surface area contributed by atoms with Crippen LogP contribution in [0.3, 0.4) is 0 Å². The fourth-order valence-corrected chi connectivity index (χ4v) is 2.03. The number of hydrogen-bond acceptors (Lipinski definition) is 4. The number of nitrogens with one attached hydrogen (secondary N) is 1. The lowest BCUT2D eigenvalue weighted by molar-refractivity contribution is 0.973. The average Bonchev–Trinajstić information content (AvgIpc) is 2.71. The first kappa shape index (κ1) is 10.0. The highest BCUT2D eigenvalue weighted by Gasteiger charge is 2.03. The molecule has 1 heterocycles. The smallest absolute Gasteiger partial charge is 0.188 e. The molecule has 1 aromatic heterocycles. The zero-order chi connectivity index (χ0) is 10.7. The summed E-state index contributed by atoms with van der Waals surface area (Å²) in [5.74, 6) is 0. The van der Waals surface area contributed by atoms with E-state index in [-0.39, 0.29) is 0 Å². The summed E-state index contributed by atoms with van der Waals surface area (Å²) in [4.78, 5) is 4.88. The molecule has 0 saturated heterocycles. The van der Waals surface area contributed by atoms with Crippen LogP contribution in [-0.2, 0) is 0 Å². The highest BCUT2D eigenvalue weighted by atomic mass is 35.5. The molecule has 0 aliphatic rings. The van der Waals surface area contributed by atoms with E-state index in [9.17, 15) is 0 Å². The summed E-state index contributed by atoms with van der Waals surface area (Å²) in [6.07, 6.45) is 1.44. The van der Waals surface area contributed by atoms with Crippen LogP contribution in [0.2, 0.25) is 5.02 Å². The number of benzene rings is 1. The molecule has 74 valence electrons. The zero-order valence-electron chi connectivity index (χ0n) is 7.44. The minimum absolute atomic E-state index is 0.446. The lowest BCUT2D eigenvalue weighted by Gasteiger charge is -1.99. The number of rotatable bonds is 2. The van der Waals surface area contributed by atoms with Gasteiger partial charge in [0.05, 0.1) is 10.6 Å². The molecule has 0 atom stereocenters. The fourth-order valence-electron chi connectivity index (χ4n) is 1.01. The molecule has 2 aromatic rings. The van der Waals surface area contributed by atoms with Gasteiger partial charge in [-0.1, -0.05) is 23.4 Å². The Labute approximate surface area is 95.3 Å². The number of nitrogens with zero attached hydrogens (tertiary/aromatic N) is 3. The fraction of sp³-hybridized carbons (Fsp3) is 0. The van der Waals surface area contributed by atoms with E-state index in [0.717, 1.165) is 4.90 Å². The van der Waals surface area contributed by atoms with Crippen LogP contribution >= 0.6 is 23.4 Å². The van der Waals surface area contributed by atoms with Crippen molar-refractivity contribution in [1.82, 2.24) is 15.2 Å². The summed E-state index contributed by atoms with van der Waals surface area (Å²) in [6, 6.07) is 7.23. The first-order chi connectivity index (χ1) is 7.29. The van der Waals surface area contributed by atoms with Crippen molar-refractivity contribution < 1.29 is 0 Å². The monoisotopic (exact) mass is 236 g/mol. The molecule has 1 aromatic carbocycles. The number of aromatic amines is 1. The topological polar surface area (TPSA) is 65.4 Å². The van der Waals surface area contributed by atoms with E-state index in [0.29, 0.717) is 15.7 Å². The second-order valence-corrected chi connectivity index (χ2v) is 4.12. The predicted octanol–water partition coefficient (Wildman–Crippen LogP) is 2.48. The van der Waals surface area contributed by atoms with Gasteiger partial charge >= 0.3 is 0 Å². The zero-order valence-corrected chi connectivity index (χ0v) is 9.01. The van der Waals surface area contributed by atoms with E-state index in [1.54, 1.807) is 12.1 Å². The molecule has 0 bridgehead atoms. The lowest BCUT2D eigenvalue weighted by atomic mass is 10.2. The van der Waals surface area contributed by atoms with Gasteiger partial charge in [-0.05, 0) is 18.2 Å². The third-order valence-corrected chi connectivity index (χ3v) is 2.86. The van der Waals surface area contributed by atoms with Crippen LogP contribution in [0.25, 0.3) is 0 Å². The molecular formula is C9H5ClN4S. The molecule has 1 N–H and O–H groups in total. The molecule has 0 radical (unpaired) electrons. The van der Waals surface area contributed by atoms with Crippen LogP contribution in [0.4, 0.5) is 0 Å². The standard InChI is InChI=1S/C9H5ClN4S/c10-8-3-7(2-1-6(8)4-11)15-9-12-5-13-14-9/h1-3,5H,(H,12,13,14). The van der Waals surface area contributed by atoms with Gasteiger partial charge < -0.3 is 0 Å². The Morgan fingerprint density at radius 3 is 2.93 bits per heavy atom. The summed E-state index contributed by atoms with van der Waals surface area (Å²) >= 11 is 7.29. The van der Waals surface area contributed by atoms with Crippen molar-refractivity contribution in [2.45, 2.75) is 10.1 Å². The van der Waals surface area contributed by atoms with Crippen molar-refractivity contribution >= 4 is 23.4 Å². The molecular weight excluding hydrogens is 232 g/mol. The van der Waals surface area contributed by atoms with E-state index in [2.05, 4.69) is 15.2 Å². The van der Waals surface area contributed by atoms with Gasteiger partial charge in [-0.25, -0.2) is 4.98 Å². The highest BCUT2D eigenvalue weighted by Crippen LogP contribution is 2.27. The molecule has 0 spiro atoms. The van der Waals surface area contributed by atoms with Gasteiger partial charge in [0.2, 0.25) is 0 Å². The summed E-state index contributed by atoms with van der Waals surface area (Å²) in [7, 11) is 0. The molecule has 0 unspecified atom stereocenters. The van der Waals surface area contributed by atoms with Gasteiger partial charge in [0, 0.05) is 4.90 Å². The lowest BCUT2D eigenvalue weighted by Crippen LogP contribution is -1.80. The van der Waals surface area contributed by atoms with Crippen molar-refractivity contribution in [3.63, 3.8) is 0 Å². The minimum Gasteiger partial charge on any atom is -0.254 e. The predicted molar refractivity (Wildman–Crippen MR) is 56.7 cm³/mol. The average molecular weight is 237 g/mol. The molecule has 0 amide bonds. The number of nitriles is 1. The maximum Gasteiger partial charge on any atom is 0.188 e. The molecule has 0 aliphatic heterocycles. The third-order valence-electron chi connectivity index (χ3n) is 1.67. The molecule has 2 rings (SSSR count). The van der Waals surface area contributed by atoms with Crippen LogP contribution in [0.15, 0.2) is 34.6 Å². The summed E-state index contributed by atoms with van der Waals surface area (Å²) < 4.78 is 0. The van der Waals surface area contributed by atoms with E-state index in [4.69, 9.17) is 16.9 Å². The molecule has 6 heteroatoms. The van der Waals surface area contributed by atoms with Crippen molar-refractivity contribution in [1.29, 1.82) is 5.26 Å². The second kappa shape index (κ2) is 4.34. The van der Waals surface area contributed by atoms with Gasteiger partial charge in [-0.2, -0.15) is 10.4 Å². The third kappa shape index (κ3) is 2.29. The summed E-state index contributed by atoms with van der Waals surface area (Å²) in [5, 5.41) is 16.3. The normalized spacial score (nSPS) is 9.87. The molecule has 0 saturated carbocycles. The summed E-state index contributed by atoms with van der Waals surface area (Å²) in [5.41, 5.74) is 0.471. The molecule has 0 fully saturated rings. The first-order valence-electron chi connectivity index (χ1n) is 4.02. The first-order valence-corrected chi connectivity index (χ1v) is 5.22. The second-order valence-electron chi connectivity index (χ2n) is 2.65. The van der Waals surface area contributed by atoms with Crippen LogP contribution in [0.1, 0.15) is 5.56 Å². The Balaban J connectivity index is 2.24. The van der Waals surface area contributed by atoms with E-state index in [1.165, 1.54) is 18.1 Å². The van der Waals surface area contributed by atoms with Crippen LogP contribution < -0.4 is 0 Å². The maximum absolute atomic E-state index is 8.70. The van der Waals surface area contributed by atoms with Gasteiger partial charge in [0.1, 0.15) is 12.4 Å². The Hall–Kier alpha value is -1.51. The molecule has 15 heavy (non-hydrogen) atoms. The van der Waals surface area contributed by atoms with E-state index < -0.39 is 0 Å². The SMILES string of the molecule is N#Cc1ccc(Sc2ncn[nH]2)cc1Cl. The highest BCUT2D eigenvalue weighted by molar-refractivity contribution is 7.99. The number of aromatic nitrogens is 3. The Morgan fingerprint density at radius 1 is 1.47 bits per heavy atom. The Morgan fingerprint density at radius 2 is 2.33 bits per heavy atom. The van der Waals surface area contributed by atoms with Crippen molar-refractivity contribution in [2.75, 3.05) is 0 Å². The van der Waals surface area contributed by atoms with Crippen molar-refractivity contribution in [3.8, 4) is 6.07 Å². The quantitative estimate of drug-likeness (QED) is 0.870. The van der Waals surface area contributed by atoms with Crippen molar-refractivity contribution in [2.24, 2.45) is 0 Å². The van der Waals surface area contributed by atoms with Gasteiger partial charge in [0.15, 0.2) is 5.16 Å². The molecule has 4 nitrogen and oxygen atoms in total. The Kier molecular flexibility index (Phi) is 2.90. The summed E-state index contributed by atoms with van der Waals surface area (Å²) in [6.45, 7) is 0. The van der Waals surface area contributed by atoms with Gasteiger partial charge in [-0.3, -0.25) is 5.10 Å². The Bertz CT molecular complexity index is 503. The molecule has 0 aliphatic carbocycles. The number of halogens is 1. The van der Waals surface area contributed by atoms with E-state index in [1.807, 2.05) is 12.1 Å². The minimum atomic E-state index is 0.446. The number of H-pyrrole nitrogens is 1. The van der Waals surface area contributed by atoms with Crippen LogP contribution in [0.5, 0.6) is 0 Å². The van der Waals surface area contributed by atoms with Crippen molar-refractivity contribution in [3.05, 3.63) is 35.1 Å². The van der Waals surface area contributed by atoms with Crippen LogP contribution in [0, 0.1) is 11.3 Å². The van der Waals surface area contributed by atoms with E-state index >= 15 is 0 Å². The van der Waals surface area contributed by atoms with Gasteiger partial charge in [-0.15, -0.1) is 0 Å². The number of hydrogen-bond donors (Lipinski definition) is 1. The van der Waals surface area contributed by atoms with Crippen LogP contribution in [-0.4, -0.2) is 15.2 Å².